The Kier molecular flexibility index (Phi) is 4.51. The minimum absolute atomic E-state index is 0.0710. The van der Waals surface area contributed by atoms with E-state index in [4.69, 9.17) is 11.6 Å². The van der Waals surface area contributed by atoms with Crippen molar-refractivity contribution in [1.82, 2.24) is 20.2 Å². The maximum Gasteiger partial charge on any atom is 0.225 e. The highest BCUT2D eigenvalue weighted by Gasteiger charge is 2.19. The molecule has 0 atom stereocenters. The summed E-state index contributed by atoms with van der Waals surface area (Å²) < 4.78 is 24.9. The van der Waals surface area contributed by atoms with E-state index in [0.717, 1.165) is 17.5 Å². The second-order valence-electron chi connectivity index (χ2n) is 4.39. The summed E-state index contributed by atoms with van der Waals surface area (Å²) in [6.45, 7) is 0. The molecule has 0 aliphatic rings. The first-order valence-corrected chi connectivity index (χ1v) is 9.05. The van der Waals surface area contributed by atoms with Crippen molar-refractivity contribution in [3.63, 3.8) is 0 Å². The molecule has 8 nitrogen and oxygen atoms in total. The number of sulfone groups is 1. The Morgan fingerprint density at radius 3 is 2.42 bits per heavy atom. The lowest BCUT2D eigenvalue weighted by Gasteiger charge is -2.05. The molecule has 122 valence electrons. The summed E-state index contributed by atoms with van der Waals surface area (Å²) in [5.74, 6) is 0.277. The molecule has 2 aromatic heterocycles. The van der Waals surface area contributed by atoms with E-state index in [1.165, 1.54) is 30.5 Å². The van der Waals surface area contributed by atoms with Crippen LogP contribution in [0, 0.1) is 0 Å². The quantitative estimate of drug-likeness (QED) is 0.670. The number of carbonyl (C=O) groups is 1. The van der Waals surface area contributed by atoms with Crippen molar-refractivity contribution in [1.29, 1.82) is 0 Å². The first-order valence-electron chi connectivity index (χ1n) is 6.37. The molecule has 11 heteroatoms. The molecule has 0 aliphatic carbocycles. The maximum atomic E-state index is 12.4. The summed E-state index contributed by atoms with van der Waals surface area (Å²) in [6, 6.07) is 5.76. The van der Waals surface area contributed by atoms with Crippen molar-refractivity contribution in [3.05, 3.63) is 46.7 Å². The number of aldehydes is 1. The lowest BCUT2D eigenvalue weighted by atomic mass is 10.4. The Labute approximate surface area is 145 Å². The van der Waals surface area contributed by atoms with Crippen LogP contribution in [0.1, 0.15) is 9.80 Å². The highest BCUT2D eigenvalue weighted by Crippen LogP contribution is 2.22. The van der Waals surface area contributed by atoms with Gasteiger partial charge in [0, 0.05) is 5.02 Å². The van der Waals surface area contributed by atoms with Crippen LogP contribution in [0.25, 0.3) is 0 Å². The largest absolute Gasteiger partial charge is 0.313 e. The first kappa shape index (κ1) is 16.4. The van der Waals surface area contributed by atoms with E-state index in [9.17, 15) is 13.2 Å². The van der Waals surface area contributed by atoms with Crippen LogP contribution in [0.15, 0.2) is 46.6 Å². The van der Waals surface area contributed by atoms with Gasteiger partial charge >= 0.3 is 0 Å². The monoisotopic (exact) mass is 381 g/mol. The number of benzene rings is 1. The van der Waals surface area contributed by atoms with Crippen molar-refractivity contribution in [2.45, 2.75) is 9.92 Å². The minimum Gasteiger partial charge on any atom is -0.313 e. The number of hydrogen-bond donors (Lipinski definition) is 1. The number of nitrogens with one attached hydrogen (secondary N) is 1. The summed E-state index contributed by atoms with van der Waals surface area (Å²) >= 11 is 6.79. The zero-order valence-electron chi connectivity index (χ0n) is 11.7. The lowest BCUT2D eigenvalue weighted by Crippen LogP contribution is -2.06. The Bertz CT molecular complexity index is 972. The van der Waals surface area contributed by atoms with Crippen molar-refractivity contribution < 1.29 is 13.2 Å². The van der Waals surface area contributed by atoms with Crippen LogP contribution >= 0.6 is 22.9 Å². The number of anilines is 2. The summed E-state index contributed by atoms with van der Waals surface area (Å²) in [4.78, 5) is 18.5. The number of aromatic nitrogens is 4. The van der Waals surface area contributed by atoms with E-state index >= 15 is 0 Å². The molecule has 0 saturated carbocycles. The van der Waals surface area contributed by atoms with Crippen molar-refractivity contribution in [3.8, 4) is 0 Å². The minimum atomic E-state index is -3.78. The third-order valence-electron chi connectivity index (χ3n) is 2.80. The number of carbonyl (C=O) groups excluding carboxylic acids is 1. The smallest absolute Gasteiger partial charge is 0.225 e. The second-order valence-corrected chi connectivity index (χ2v) is 7.73. The third-order valence-corrected chi connectivity index (χ3v) is 5.47. The van der Waals surface area contributed by atoms with Gasteiger partial charge in [-0.25, -0.2) is 18.4 Å². The summed E-state index contributed by atoms with van der Waals surface area (Å²) in [5.41, 5.74) is 0. The van der Waals surface area contributed by atoms with Crippen molar-refractivity contribution >= 4 is 50.0 Å². The Morgan fingerprint density at radius 1 is 1.08 bits per heavy atom. The summed E-state index contributed by atoms with van der Waals surface area (Å²) in [6.07, 6.45) is 2.97. The molecular weight excluding hydrogens is 374 g/mol. The topological polar surface area (TPSA) is 115 Å². The van der Waals surface area contributed by atoms with Gasteiger partial charge in [-0.05, 0) is 24.3 Å². The predicted molar refractivity (Wildman–Crippen MR) is 87.5 cm³/mol. The average Bonchev–Trinajstić information content (AvgIpc) is 3.03. The standard InChI is InChI=1S/C13H8ClN5O3S2/c14-8-1-3-9(4-2-8)24(21,22)12-6-15-10(5-16-12)17-13-19-18-11(7-20)23-13/h1-7H,(H,15,17,19). The van der Waals surface area contributed by atoms with Crippen LogP contribution in [-0.2, 0) is 9.84 Å². The van der Waals surface area contributed by atoms with E-state index in [-0.39, 0.29) is 20.7 Å². The van der Waals surface area contributed by atoms with E-state index in [1.807, 2.05) is 0 Å². The lowest BCUT2D eigenvalue weighted by molar-refractivity contribution is 0.112. The van der Waals surface area contributed by atoms with E-state index in [0.29, 0.717) is 16.4 Å². The van der Waals surface area contributed by atoms with Gasteiger partial charge in [0.05, 0.1) is 17.3 Å². The van der Waals surface area contributed by atoms with Crippen LogP contribution in [0.2, 0.25) is 5.02 Å². The van der Waals surface area contributed by atoms with Crippen LogP contribution < -0.4 is 5.32 Å². The summed E-state index contributed by atoms with van der Waals surface area (Å²) in [7, 11) is -3.78. The molecule has 0 unspecified atom stereocenters. The summed E-state index contributed by atoms with van der Waals surface area (Å²) in [5, 5.41) is 10.9. The van der Waals surface area contributed by atoms with Gasteiger partial charge in [-0.1, -0.05) is 22.9 Å². The number of halogens is 1. The van der Waals surface area contributed by atoms with Gasteiger partial charge in [0.25, 0.3) is 0 Å². The molecule has 3 aromatic rings. The second kappa shape index (κ2) is 6.59. The fraction of sp³-hybridized carbons (Fsp3) is 0. The fourth-order valence-corrected chi connectivity index (χ4v) is 3.51. The number of hydrogen-bond acceptors (Lipinski definition) is 9. The van der Waals surface area contributed by atoms with E-state index in [1.54, 1.807) is 0 Å². The third kappa shape index (κ3) is 3.40. The normalized spacial score (nSPS) is 11.2. The zero-order chi connectivity index (χ0) is 17.2. The molecule has 1 N–H and O–H groups in total. The Morgan fingerprint density at radius 2 is 1.83 bits per heavy atom. The Balaban J connectivity index is 1.83. The predicted octanol–water partition coefficient (Wildman–Crippen LogP) is 2.37. The SMILES string of the molecule is O=Cc1nnc(Nc2cnc(S(=O)(=O)c3ccc(Cl)cc3)cn2)s1. The number of rotatable bonds is 5. The molecule has 0 radical (unpaired) electrons. The highest BCUT2D eigenvalue weighted by molar-refractivity contribution is 7.91. The fourth-order valence-electron chi connectivity index (χ4n) is 1.70. The van der Waals surface area contributed by atoms with Crippen LogP contribution in [0.3, 0.4) is 0 Å². The molecular formula is C13H8ClN5O3S2. The van der Waals surface area contributed by atoms with Gasteiger partial charge in [-0.2, -0.15) is 0 Å². The molecule has 3 rings (SSSR count). The molecule has 2 heterocycles. The molecule has 0 amide bonds. The Hall–Kier alpha value is -2.43. The van der Waals surface area contributed by atoms with Crippen LogP contribution in [0.5, 0.6) is 0 Å². The van der Waals surface area contributed by atoms with Crippen molar-refractivity contribution in [2.24, 2.45) is 0 Å². The maximum absolute atomic E-state index is 12.4. The van der Waals surface area contributed by atoms with Gasteiger partial charge in [0.1, 0.15) is 0 Å². The molecule has 0 saturated heterocycles. The van der Waals surface area contributed by atoms with E-state index < -0.39 is 9.84 Å². The van der Waals surface area contributed by atoms with Gasteiger partial charge in [-0.3, -0.25) is 4.79 Å². The number of nitrogens with zero attached hydrogens (tertiary/aromatic N) is 4. The first-order chi connectivity index (χ1) is 11.5. The van der Waals surface area contributed by atoms with Gasteiger partial charge in [0.15, 0.2) is 22.1 Å². The van der Waals surface area contributed by atoms with Crippen LogP contribution in [-0.4, -0.2) is 34.9 Å². The van der Waals surface area contributed by atoms with Gasteiger partial charge in [-0.15, -0.1) is 10.2 Å². The van der Waals surface area contributed by atoms with Crippen molar-refractivity contribution in [2.75, 3.05) is 5.32 Å². The van der Waals surface area contributed by atoms with Gasteiger partial charge < -0.3 is 5.32 Å². The van der Waals surface area contributed by atoms with E-state index in [2.05, 4.69) is 25.5 Å². The molecule has 0 aliphatic heterocycles. The molecule has 0 fully saturated rings. The molecule has 0 bridgehead atoms. The molecule has 1 aromatic carbocycles. The average molecular weight is 382 g/mol. The van der Waals surface area contributed by atoms with Crippen LogP contribution in [0.4, 0.5) is 10.9 Å². The highest BCUT2D eigenvalue weighted by atomic mass is 35.5. The zero-order valence-corrected chi connectivity index (χ0v) is 14.1. The van der Waals surface area contributed by atoms with Gasteiger partial charge in [0.2, 0.25) is 15.0 Å². The molecule has 0 spiro atoms. The molecule has 24 heavy (non-hydrogen) atoms.